The minimum Gasteiger partial charge on any atom is -0.352 e. The van der Waals surface area contributed by atoms with Crippen LogP contribution in [0.2, 0.25) is 0 Å². The Balaban J connectivity index is 1.72. The first-order chi connectivity index (χ1) is 8.45. The van der Waals surface area contributed by atoms with Gasteiger partial charge in [0.05, 0.1) is 11.6 Å². The van der Waals surface area contributed by atoms with E-state index in [2.05, 4.69) is 36.4 Å². The minimum atomic E-state index is 0.0954. The molecular formula is C13H21N3OS. The predicted molar refractivity (Wildman–Crippen MR) is 73.7 cm³/mol. The number of hydrogen-bond donors (Lipinski definition) is 2. The summed E-state index contributed by atoms with van der Waals surface area (Å²) in [6.45, 7) is 7.58. The van der Waals surface area contributed by atoms with E-state index < -0.39 is 0 Å². The number of rotatable bonds is 5. The lowest BCUT2D eigenvalue weighted by atomic mass is 9.98. The van der Waals surface area contributed by atoms with Crippen LogP contribution in [0.25, 0.3) is 0 Å². The average Bonchev–Trinajstić information content (AvgIpc) is 2.93. The summed E-state index contributed by atoms with van der Waals surface area (Å²) in [5.74, 6) is 0.0954. The second-order valence-electron chi connectivity index (χ2n) is 5.83. The zero-order chi connectivity index (χ0) is 13.2. The molecule has 1 amide bonds. The number of hydrogen-bond acceptors (Lipinski definition) is 4. The summed E-state index contributed by atoms with van der Waals surface area (Å²) in [6.07, 6.45) is 4.17. The molecule has 0 saturated heterocycles. The van der Waals surface area contributed by atoms with Gasteiger partial charge >= 0.3 is 0 Å². The molecular weight excluding hydrogens is 246 g/mol. The average molecular weight is 267 g/mol. The normalized spacial score (nSPS) is 15.7. The molecule has 100 valence electrons. The Labute approximate surface area is 112 Å². The molecule has 2 rings (SSSR count). The summed E-state index contributed by atoms with van der Waals surface area (Å²) in [4.78, 5) is 17.1. The molecule has 1 heterocycles. The number of thiazole rings is 1. The van der Waals surface area contributed by atoms with Gasteiger partial charge in [-0.25, -0.2) is 4.98 Å². The number of aromatic nitrogens is 1. The number of amides is 1. The van der Waals surface area contributed by atoms with E-state index in [4.69, 9.17) is 0 Å². The zero-order valence-electron chi connectivity index (χ0n) is 11.2. The van der Waals surface area contributed by atoms with Gasteiger partial charge in [0.1, 0.15) is 0 Å². The van der Waals surface area contributed by atoms with Gasteiger partial charge in [-0.3, -0.25) is 4.79 Å². The SMILES string of the molecule is CC(C)(C)c1ncc(CNCC(=O)NC2CC2)s1. The molecule has 2 N–H and O–H groups in total. The van der Waals surface area contributed by atoms with E-state index in [1.54, 1.807) is 11.3 Å². The van der Waals surface area contributed by atoms with E-state index in [1.165, 1.54) is 4.88 Å². The first-order valence-corrected chi connectivity index (χ1v) is 7.22. The Morgan fingerprint density at radius 2 is 2.22 bits per heavy atom. The molecule has 0 aromatic carbocycles. The van der Waals surface area contributed by atoms with Crippen molar-refractivity contribution >= 4 is 17.2 Å². The molecule has 0 aliphatic heterocycles. The van der Waals surface area contributed by atoms with Crippen molar-refractivity contribution in [3.63, 3.8) is 0 Å². The Kier molecular flexibility index (Phi) is 4.02. The molecule has 0 atom stereocenters. The third kappa shape index (κ3) is 4.07. The monoisotopic (exact) mass is 267 g/mol. The maximum absolute atomic E-state index is 11.5. The molecule has 0 spiro atoms. The summed E-state index contributed by atoms with van der Waals surface area (Å²) in [6, 6.07) is 0.440. The molecule has 0 unspecified atom stereocenters. The molecule has 1 aliphatic rings. The lowest BCUT2D eigenvalue weighted by Gasteiger charge is -2.13. The van der Waals surface area contributed by atoms with E-state index in [9.17, 15) is 4.79 Å². The minimum absolute atomic E-state index is 0.0954. The van der Waals surface area contributed by atoms with Crippen LogP contribution in [0.3, 0.4) is 0 Å². The van der Waals surface area contributed by atoms with Gasteiger partial charge in [-0.15, -0.1) is 11.3 Å². The zero-order valence-corrected chi connectivity index (χ0v) is 12.1. The molecule has 18 heavy (non-hydrogen) atoms. The molecule has 1 aromatic rings. The topological polar surface area (TPSA) is 54.0 Å². The largest absolute Gasteiger partial charge is 0.352 e. The van der Waals surface area contributed by atoms with Crippen LogP contribution in [0.4, 0.5) is 0 Å². The van der Waals surface area contributed by atoms with Crippen molar-refractivity contribution in [2.24, 2.45) is 0 Å². The first kappa shape index (κ1) is 13.5. The fourth-order valence-electron chi connectivity index (χ4n) is 1.54. The molecule has 0 radical (unpaired) electrons. The Morgan fingerprint density at radius 1 is 1.50 bits per heavy atom. The van der Waals surface area contributed by atoms with Crippen LogP contribution in [0.5, 0.6) is 0 Å². The van der Waals surface area contributed by atoms with Crippen LogP contribution < -0.4 is 10.6 Å². The van der Waals surface area contributed by atoms with Crippen LogP contribution in [0.1, 0.15) is 43.5 Å². The van der Waals surface area contributed by atoms with Crippen molar-refractivity contribution in [2.75, 3.05) is 6.54 Å². The van der Waals surface area contributed by atoms with Crippen molar-refractivity contribution < 1.29 is 4.79 Å². The highest BCUT2D eigenvalue weighted by atomic mass is 32.1. The van der Waals surface area contributed by atoms with Crippen molar-refractivity contribution in [1.82, 2.24) is 15.6 Å². The summed E-state index contributed by atoms with van der Waals surface area (Å²) in [7, 11) is 0. The second kappa shape index (κ2) is 5.36. The quantitative estimate of drug-likeness (QED) is 0.855. The van der Waals surface area contributed by atoms with Gasteiger partial charge in [-0.05, 0) is 12.8 Å². The van der Waals surface area contributed by atoms with Gasteiger partial charge in [0, 0.05) is 29.1 Å². The maximum atomic E-state index is 11.5. The summed E-state index contributed by atoms with van der Waals surface area (Å²) in [5, 5.41) is 7.25. The van der Waals surface area contributed by atoms with Gasteiger partial charge in [-0.1, -0.05) is 20.8 Å². The lowest BCUT2D eigenvalue weighted by molar-refractivity contribution is -0.120. The Morgan fingerprint density at radius 3 is 2.78 bits per heavy atom. The third-order valence-electron chi connectivity index (χ3n) is 2.72. The molecule has 4 nitrogen and oxygen atoms in total. The summed E-state index contributed by atoms with van der Waals surface area (Å²) < 4.78 is 0. The van der Waals surface area contributed by atoms with Crippen molar-refractivity contribution in [1.29, 1.82) is 0 Å². The highest BCUT2D eigenvalue weighted by molar-refractivity contribution is 7.11. The number of nitrogens with one attached hydrogen (secondary N) is 2. The van der Waals surface area contributed by atoms with Crippen LogP contribution in [0, 0.1) is 0 Å². The molecule has 1 aromatic heterocycles. The number of carbonyl (C=O) groups is 1. The molecule has 5 heteroatoms. The van der Waals surface area contributed by atoms with Gasteiger partial charge in [-0.2, -0.15) is 0 Å². The molecule has 1 fully saturated rings. The van der Waals surface area contributed by atoms with Gasteiger partial charge in [0.15, 0.2) is 0 Å². The molecule has 1 saturated carbocycles. The van der Waals surface area contributed by atoms with E-state index in [-0.39, 0.29) is 11.3 Å². The van der Waals surface area contributed by atoms with E-state index in [1.807, 2.05) is 6.20 Å². The fraction of sp³-hybridized carbons (Fsp3) is 0.692. The lowest BCUT2D eigenvalue weighted by Crippen LogP contribution is -2.34. The Bertz CT molecular complexity index is 418. The predicted octanol–water partition coefficient (Wildman–Crippen LogP) is 1.81. The first-order valence-electron chi connectivity index (χ1n) is 6.40. The smallest absolute Gasteiger partial charge is 0.234 e. The van der Waals surface area contributed by atoms with Crippen molar-refractivity contribution in [2.45, 2.75) is 51.6 Å². The van der Waals surface area contributed by atoms with Crippen molar-refractivity contribution in [3.05, 3.63) is 16.1 Å². The maximum Gasteiger partial charge on any atom is 0.234 e. The second-order valence-corrected chi connectivity index (χ2v) is 6.94. The van der Waals surface area contributed by atoms with E-state index in [0.29, 0.717) is 19.1 Å². The summed E-state index contributed by atoms with van der Waals surface area (Å²) >= 11 is 1.71. The number of nitrogens with zero attached hydrogens (tertiary/aromatic N) is 1. The number of carbonyl (C=O) groups excluding carboxylic acids is 1. The van der Waals surface area contributed by atoms with Crippen LogP contribution in [-0.2, 0) is 16.8 Å². The molecule has 1 aliphatic carbocycles. The highest BCUT2D eigenvalue weighted by Crippen LogP contribution is 2.26. The van der Waals surface area contributed by atoms with E-state index >= 15 is 0 Å². The van der Waals surface area contributed by atoms with Gasteiger partial charge in [0.25, 0.3) is 0 Å². The fourth-order valence-corrected chi connectivity index (χ4v) is 2.48. The van der Waals surface area contributed by atoms with Gasteiger partial charge < -0.3 is 10.6 Å². The standard InChI is InChI=1S/C13H21N3OS/c1-13(2,3)12-15-7-10(18-12)6-14-8-11(17)16-9-4-5-9/h7,9,14H,4-6,8H2,1-3H3,(H,16,17). The van der Waals surface area contributed by atoms with Crippen LogP contribution >= 0.6 is 11.3 Å². The van der Waals surface area contributed by atoms with E-state index in [0.717, 1.165) is 17.8 Å². The van der Waals surface area contributed by atoms with Crippen LogP contribution in [-0.4, -0.2) is 23.5 Å². The summed E-state index contributed by atoms with van der Waals surface area (Å²) in [5.41, 5.74) is 0.103. The van der Waals surface area contributed by atoms with Crippen molar-refractivity contribution in [3.8, 4) is 0 Å². The van der Waals surface area contributed by atoms with Gasteiger partial charge in [0.2, 0.25) is 5.91 Å². The highest BCUT2D eigenvalue weighted by Gasteiger charge is 2.22. The molecule has 0 bridgehead atoms. The Hall–Kier alpha value is -0.940. The third-order valence-corrected chi connectivity index (χ3v) is 4.15. The van der Waals surface area contributed by atoms with Crippen LogP contribution in [0.15, 0.2) is 6.20 Å².